The van der Waals surface area contributed by atoms with Gasteiger partial charge in [0, 0.05) is 15.0 Å². The highest BCUT2D eigenvalue weighted by atomic mass is 127. The fourth-order valence-corrected chi connectivity index (χ4v) is 5.30. The zero-order valence-corrected chi connectivity index (χ0v) is 21.0. The molecule has 0 bridgehead atoms. The van der Waals surface area contributed by atoms with E-state index in [1.165, 1.54) is 17.3 Å². The summed E-state index contributed by atoms with van der Waals surface area (Å²) in [5.74, 6) is 0.763. The molecule has 3 rings (SSSR count). The highest BCUT2D eigenvalue weighted by molar-refractivity contribution is 14.1. The van der Waals surface area contributed by atoms with Crippen LogP contribution in [0, 0.1) is 33.2 Å². The maximum atomic E-state index is 12.5. The Morgan fingerprint density at radius 2 is 2.17 bits per heavy atom. The first-order valence-corrected chi connectivity index (χ1v) is 12.4. The number of anilines is 1. The van der Waals surface area contributed by atoms with Gasteiger partial charge >= 0.3 is 0 Å². The number of nitrogens with zero attached hydrogens (tertiary/aromatic N) is 2. The van der Waals surface area contributed by atoms with Gasteiger partial charge < -0.3 is 5.32 Å². The Morgan fingerprint density at radius 3 is 2.83 bits per heavy atom. The fourth-order valence-electron chi connectivity index (χ4n) is 3.88. The lowest BCUT2D eigenvalue weighted by molar-refractivity contribution is -0.113. The maximum Gasteiger partial charge on any atom is 0.234 e. The van der Waals surface area contributed by atoms with E-state index in [1.54, 1.807) is 0 Å². The van der Waals surface area contributed by atoms with Gasteiger partial charge in [-0.25, -0.2) is 4.98 Å². The van der Waals surface area contributed by atoms with Crippen molar-refractivity contribution in [3.05, 3.63) is 50.2 Å². The van der Waals surface area contributed by atoms with Crippen molar-refractivity contribution in [2.24, 2.45) is 11.3 Å². The Hall–Kier alpha value is -1.59. The van der Waals surface area contributed by atoms with E-state index in [0.29, 0.717) is 21.9 Å². The molecule has 1 aliphatic rings. The second-order valence-electron chi connectivity index (χ2n) is 8.64. The van der Waals surface area contributed by atoms with E-state index >= 15 is 0 Å². The van der Waals surface area contributed by atoms with E-state index in [9.17, 15) is 10.1 Å². The Morgan fingerprint density at radius 1 is 1.40 bits per heavy atom. The van der Waals surface area contributed by atoms with Crippen LogP contribution in [0.4, 0.5) is 5.69 Å². The molecule has 0 spiro atoms. The number of carbonyl (C=O) groups excluding carboxylic acids is 1. The minimum absolute atomic E-state index is 0.0857. The summed E-state index contributed by atoms with van der Waals surface area (Å²) in [6, 6.07) is 10.2. The highest BCUT2D eigenvalue weighted by Crippen LogP contribution is 2.40. The first-order chi connectivity index (χ1) is 14.2. The van der Waals surface area contributed by atoms with Crippen LogP contribution in [0.2, 0.25) is 0 Å². The Balaban J connectivity index is 1.70. The van der Waals surface area contributed by atoms with Crippen molar-refractivity contribution in [2.45, 2.75) is 58.4 Å². The van der Waals surface area contributed by atoms with Crippen LogP contribution in [-0.2, 0) is 17.6 Å². The smallest absolute Gasteiger partial charge is 0.234 e. The molecular formula is C24H28IN3OS. The average molecular weight is 533 g/mol. The summed E-state index contributed by atoms with van der Waals surface area (Å²) in [6.45, 7) is 8.90. The third kappa shape index (κ3) is 5.36. The number of nitriles is 1. The molecule has 1 aromatic heterocycles. The lowest BCUT2D eigenvalue weighted by Crippen LogP contribution is -2.29. The molecule has 0 aliphatic heterocycles. The van der Waals surface area contributed by atoms with E-state index in [1.807, 2.05) is 31.2 Å². The Bertz CT molecular complexity index is 997. The molecule has 2 aromatic rings. The summed E-state index contributed by atoms with van der Waals surface area (Å²) in [5.41, 5.74) is 5.02. The summed E-state index contributed by atoms with van der Waals surface area (Å²) >= 11 is 3.60. The van der Waals surface area contributed by atoms with Crippen LogP contribution in [0.15, 0.2) is 29.3 Å². The van der Waals surface area contributed by atoms with Crippen LogP contribution in [0.1, 0.15) is 56.0 Å². The summed E-state index contributed by atoms with van der Waals surface area (Å²) in [5, 5.41) is 13.3. The lowest BCUT2D eigenvalue weighted by Gasteiger charge is -2.37. The molecule has 1 amide bonds. The van der Waals surface area contributed by atoms with Gasteiger partial charge in [0.2, 0.25) is 5.91 Å². The van der Waals surface area contributed by atoms with E-state index in [0.717, 1.165) is 46.2 Å². The molecule has 0 radical (unpaired) electrons. The number of halogens is 1. The number of hydrogen-bond donors (Lipinski definition) is 1. The predicted molar refractivity (Wildman–Crippen MR) is 132 cm³/mol. The number of rotatable bonds is 6. The van der Waals surface area contributed by atoms with Crippen molar-refractivity contribution in [3.63, 3.8) is 0 Å². The van der Waals surface area contributed by atoms with Crippen molar-refractivity contribution >= 4 is 45.9 Å². The molecule has 0 saturated heterocycles. The minimum Gasteiger partial charge on any atom is -0.325 e. The van der Waals surface area contributed by atoms with Crippen LogP contribution in [0.3, 0.4) is 0 Å². The number of amides is 1. The quantitative estimate of drug-likeness (QED) is 0.358. The van der Waals surface area contributed by atoms with Crippen LogP contribution < -0.4 is 5.32 Å². The molecule has 1 heterocycles. The minimum atomic E-state index is -0.0857. The molecule has 1 unspecified atom stereocenters. The van der Waals surface area contributed by atoms with Gasteiger partial charge in [-0.1, -0.05) is 39.0 Å². The molecule has 30 heavy (non-hydrogen) atoms. The Labute approximate surface area is 197 Å². The zero-order chi connectivity index (χ0) is 21.9. The third-order valence-electron chi connectivity index (χ3n) is 6.29. The highest BCUT2D eigenvalue weighted by Gasteiger charge is 2.32. The van der Waals surface area contributed by atoms with Gasteiger partial charge in [-0.2, -0.15) is 5.26 Å². The molecule has 158 valence electrons. The first-order valence-electron chi connectivity index (χ1n) is 10.3. The summed E-state index contributed by atoms with van der Waals surface area (Å²) in [7, 11) is 0. The normalized spacial score (nSPS) is 15.9. The second-order valence-corrected chi connectivity index (χ2v) is 10.8. The van der Waals surface area contributed by atoms with Gasteiger partial charge in [-0.3, -0.25) is 4.79 Å². The summed E-state index contributed by atoms with van der Waals surface area (Å²) in [6.07, 6.45) is 4.20. The topological polar surface area (TPSA) is 65.8 Å². The predicted octanol–water partition coefficient (Wildman–Crippen LogP) is 6.14. The van der Waals surface area contributed by atoms with Gasteiger partial charge in [0.15, 0.2) is 0 Å². The number of pyridine rings is 1. The molecule has 0 saturated carbocycles. The third-order valence-corrected chi connectivity index (χ3v) is 7.95. The average Bonchev–Trinajstić information content (AvgIpc) is 2.73. The van der Waals surface area contributed by atoms with Gasteiger partial charge in [-0.05, 0) is 95.5 Å². The molecule has 1 N–H and O–H groups in total. The number of hydrogen-bond acceptors (Lipinski definition) is 4. The number of nitrogens with one attached hydrogen (secondary N) is 1. The van der Waals surface area contributed by atoms with Gasteiger partial charge in [0.1, 0.15) is 11.1 Å². The van der Waals surface area contributed by atoms with Crippen molar-refractivity contribution in [3.8, 4) is 6.07 Å². The van der Waals surface area contributed by atoms with E-state index in [2.05, 4.69) is 54.7 Å². The molecule has 4 nitrogen and oxygen atoms in total. The van der Waals surface area contributed by atoms with Crippen molar-refractivity contribution in [2.75, 3.05) is 11.1 Å². The van der Waals surface area contributed by atoms with Gasteiger partial charge in [0.05, 0.1) is 11.3 Å². The lowest BCUT2D eigenvalue weighted by atomic mass is 9.69. The molecule has 1 aliphatic carbocycles. The molecular weight excluding hydrogens is 505 g/mol. The number of carbonyl (C=O) groups is 1. The van der Waals surface area contributed by atoms with E-state index in [-0.39, 0.29) is 11.7 Å². The summed E-state index contributed by atoms with van der Waals surface area (Å²) < 4.78 is 1.14. The number of thioether (sulfide) groups is 1. The van der Waals surface area contributed by atoms with Crippen LogP contribution in [0.25, 0.3) is 0 Å². The fraction of sp³-hybridized carbons (Fsp3) is 0.458. The van der Waals surface area contributed by atoms with E-state index < -0.39 is 0 Å². The van der Waals surface area contributed by atoms with Gasteiger partial charge in [0.25, 0.3) is 0 Å². The van der Waals surface area contributed by atoms with Crippen molar-refractivity contribution in [1.29, 1.82) is 5.26 Å². The van der Waals surface area contributed by atoms with E-state index in [4.69, 9.17) is 4.98 Å². The van der Waals surface area contributed by atoms with Crippen LogP contribution in [-0.4, -0.2) is 16.6 Å². The molecule has 1 atom stereocenters. The maximum absolute atomic E-state index is 12.5. The standard InChI is InChI=1S/C24H28IN3OS/c1-5-24(3,4)18-6-8-21-16(12-18)11-17(13-26)23(28-21)30-14-22(29)27-20-9-7-19(25)10-15(20)2/h7,9-11,18H,5-6,8,12,14H2,1-4H3,(H,27,29). The number of benzene rings is 1. The second kappa shape index (κ2) is 9.69. The number of aryl methyl sites for hydroxylation is 2. The monoisotopic (exact) mass is 533 g/mol. The molecule has 0 fully saturated rings. The van der Waals surface area contributed by atoms with Crippen molar-refractivity contribution in [1.82, 2.24) is 4.98 Å². The van der Waals surface area contributed by atoms with Gasteiger partial charge in [-0.15, -0.1) is 0 Å². The zero-order valence-electron chi connectivity index (χ0n) is 18.0. The SMILES string of the molecule is CCC(C)(C)C1CCc2nc(SCC(=O)Nc3ccc(I)cc3C)c(C#N)cc2C1. The number of fused-ring (bicyclic) bond motifs is 1. The largest absolute Gasteiger partial charge is 0.325 e. The van der Waals surface area contributed by atoms with Crippen molar-refractivity contribution < 1.29 is 4.79 Å². The number of aromatic nitrogens is 1. The molecule has 6 heteroatoms. The van der Waals surface area contributed by atoms with Crippen LogP contribution >= 0.6 is 34.4 Å². The molecule has 1 aromatic carbocycles. The summed E-state index contributed by atoms with van der Waals surface area (Å²) in [4.78, 5) is 17.2. The van der Waals surface area contributed by atoms with Crippen LogP contribution in [0.5, 0.6) is 0 Å². The Kier molecular flexibility index (Phi) is 7.46. The first kappa shape index (κ1) is 23.1.